The number of hydrogen-bond acceptors (Lipinski definition) is 2. The van der Waals surface area contributed by atoms with Gasteiger partial charge in [0.25, 0.3) is 0 Å². The van der Waals surface area contributed by atoms with Crippen LogP contribution in [-0.2, 0) is 11.2 Å². The highest BCUT2D eigenvalue weighted by Gasteiger charge is 2.04. The molecule has 1 N–H and O–H groups in total. The first-order valence-corrected chi connectivity index (χ1v) is 4.36. The van der Waals surface area contributed by atoms with Gasteiger partial charge in [-0.25, -0.2) is 0 Å². The molecular weight excluding hydrogens is 204 g/mol. The van der Waals surface area contributed by atoms with Crippen molar-refractivity contribution in [2.45, 2.75) is 13.0 Å². The maximum absolute atomic E-state index is 11.8. The average Bonchev–Trinajstić information content (AvgIpc) is 2.20. The van der Waals surface area contributed by atoms with Crippen LogP contribution in [0.3, 0.4) is 0 Å². The molecule has 0 aromatic heterocycles. The standard InChI is InChI=1S/C10H11F2NO2/c1-13-9(14)6-7-2-4-8(5-3-7)15-10(11)12/h2-5,10H,6H2,1H3,(H,13,14). The number of benzene rings is 1. The van der Waals surface area contributed by atoms with E-state index < -0.39 is 6.61 Å². The van der Waals surface area contributed by atoms with Crippen LogP contribution in [0, 0.1) is 0 Å². The maximum Gasteiger partial charge on any atom is 0.387 e. The first kappa shape index (κ1) is 11.4. The van der Waals surface area contributed by atoms with Gasteiger partial charge >= 0.3 is 6.61 Å². The number of halogens is 2. The van der Waals surface area contributed by atoms with Crippen LogP contribution in [0.1, 0.15) is 5.56 Å². The normalized spacial score (nSPS) is 10.1. The van der Waals surface area contributed by atoms with Gasteiger partial charge in [0.2, 0.25) is 5.91 Å². The van der Waals surface area contributed by atoms with Gasteiger partial charge in [0, 0.05) is 7.05 Å². The monoisotopic (exact) mass is 215 g/mol. The Hall–Kier alpha value is -1.65. The molecule has 0 unspecified atom stereocenters. The summed E-state index contributed by atoms with van der Waals surface area (Å²) >= 11 is 0. The summed E-state index contributed by atoms with van der Waals surface area (Å²) in [7, 11) is 1.54. The maximum atomic E-state index is 11.8. The number of rotatable bonds is 4. The Morgan fingerprint density at radius 2 is 2.00 bits per heavy atom. The first-order valence-electron chi connectivity index (χ1n) is 4.36. The predicted octanol–water partition coefficient (Wildman–Crippen LogP) is 1.58. The summed E-state index contributed by atoms with van der Waals surface area (Å²) in [6.45, 7) is -2.82. The molecule has 0 aliphatic rings. The van der Waals surface area contributed by atoms with Gasteiger partial charge in [0.05, 0.1) is 6.42 Å². The van der Waals surface area contributed by atoms with Crippen molar-refractivity contribution in [2.24, 2.45) is 0 Å². The van der Waals surface area contributed by atoms with Crippen molar-refractivity contribution in [3.8, 4) is 5.75 Å². The van der Waals surface area contributed by atoms with Crippen LogP contribution >= 0.6 is 0 Å². The third-order valence-corrected chi connectivity index (χ3v) is 1.79. The van der Waals surface area contributed by atoms with Crippen LogP contribution in [-0.4, -0.2) is 19.6 Å². The van der Waals surface area contributed by atoms with Crippen LogP contribution < -0.4 is 10.1 Å². The van der Waals surface area contributed by atoms with E-state index >= 15 is 0 Å². The molecule has 5 heteroatoms. The predicted molar refractivity (Wildman–Crippen MR) is 50.8 cm³/mol. The Morgan fingerprint density at radius 3 is 2.47 bits per heavy atom. The van der Waals surface area contributed by atoms with Crippen molar-refractivity contribution in [3.05, 3.63) is 29.8 Å². The summed E-state index contributed by atoms with van der Waals surface area (Å²) in [4.78, 5) is 11.0. The summed E-state index contributed by atoms with van der Waals surface area (Å²) in [6.07, 6.45) is 0.228. The highest BCUT2D eigenvalue weighted by molar-refractivity contribution is 5.78. The third kappa shape index (κ3) is 3.93. The second kappa shape index (κ2) is 5.29. The number of likely N-dealkylation sites (N-methyl/N-ethyl adjacent to an activating group) is 1. The number of nitrogens with one attached hydrogen (secondary N) is 1. The van der Waals surface area contributed by atoms with Gasteiger partial charge in [-0.3, -0.25) is 4.79 Å². The van der Waals surface area contributed by atoms with Gasteiger partial charge < -0.3 is 10.1 Å². The zero-order chi connectivity index (χ0) is 11.3. The molecule has 3 nitrogen and oxygen atoms in total. The molecule has 82 valence electrons. The van der Waals surface area contributed by atoms with Gasteiger partial charge in [-0.15, -0.1) is 0 Å². The van der Waals surface area contributed by atoms with Gasteiger partial charge in [-0.2, -0.15) is 8.78 Å². The van der Waals surface area contributed by atoms with Gasteiger partial charge in [0.1, 0.15) is 5.75 Å². The minimum absolute atomic E-state index is 0.0886. The van der Waals surface area contributed by atoms with Crippen LogP contribution in [0.25, 0.3) is 0 Å². The fourth-order valence-corrected chi connectivity index (χ4v) is 1.06. The summed E-state index contributed by atoms with van der Waals surface area (Å²) in [5.74, 6) is -0.0387. The molecule has 1 aromatic carbocycles. The molecule has 1 aromatic rings. The molecular formula is C10H11F2NO2. The zero-order valence-electron chi connectivity index (χ0n) is 8.17. The Bertz CT molecular complexity index is 325. The molecule has 0 heterocycles. The molecule has 0 bridgehead atoms. The number of carbonyl (C=O) groups excluding carboxylic acids is 1. The summed E-state index contributed by atoms with van der Waals surface area (Å²) in [6, 6.07) is 5.97. The SMILES string of the molecule is CNC(=O)Cc1ccc(OC(F)F)cc1. The third-order valence-electron chi connectivity index (χ3n) is 1.79. The van der Waals surface area contributed by atoms with E-state index in [9.17, 15) is 13.6 Å². The largest absolute Gasteiger partial charge is 0.435 e. The average molecular weight is 215 g/mol. The minimum Gasteiger partial charge on any atom is -0.435 e. The highest BCUT2D eigenvalue weighted by Crippen LogP contribution is 2.14. The van der Waals surface area contributed by atoms with Gasteiger partial charge in [-0.05, 0) is 17.7 Å². The molecule has 0 saturated carbocycles. The molecule has 0 fully saturated rings. The van der Waals surface area contributed by atoms with E-state index in [-0.39, 0.29) is 18.1 Å². The van der Waals surface area contributed by atoms with E-state index in [4.69, 9.17) is 0 Å². The van der Waals surface area contributed by atoms with Crippen molar-refractivity contribution in [2.75, 3.05) is 7.05 Å². The van der Waals surface area contributed by atoms with Crippen LogP contribution in [0.2, 0.25) is 0 Å². The summed E-state index contributed by atoms with van der Waals surface area (Å²) < 4.78 is 27.8. The summed E-state index contributed by atoms with van der Waals surface area (Å²) in [5, 5.41) is 2.47. The molecule has 0 saturated heterocycles. The van der Waals surface area contributed by atoms with Crippen molar-refractivity contribution in [3.63, 3.8) is 0 Å². The fourth-order valence-electron chi connectivity index (χ4n) is 1.06. The van der Waals surface area contributed by atoms with Crippen molar-refractivity contribution >= 4 is 5.91 Å². The van der Waals surface area contributed by atoms with E-state index in [0.29, 0.717) is 0 Å². The number of amides is 1. The lowest BCUT2D eigenvalue weighted by Crippen LogP contribution is -2.19. The lowest BCUT2D eigenvalue weighted by molar-refractivity contribution is -0.119. The van der Waals surface area contributed by atoms with Crippen LogP contribution in [0.4, 0.5) is 8.78 Å². The first-order chi connectivity index (χ1) is 7.11. The molecule has 0 atom stereocenters. The van der Waals surface area contributed by atoms with Crippen LogP contribution in [0.15, 0.2) is 24.3 Å². The smallest absolute Gasteiger partial charge is 0.387 e. The van der Waals surface area contributed by atoms with E-state index in [0.717, 1.165) is 5.56 Å². The lowest BCUT2D eigenvalue weighted by Gasteiger charge is -2.05. The quantitative estimate of drug-likeness (QED) is 0.828. The lowest BCUT2D eigenvalue weighted by atomic mass is 10.1. The second-order valence-electron chi connectivity index (χ2n) is 2.87. The topological polar surface area (TPSA) is 38.3 Å². The molecule has 1 amide bonds. The van der Waals surface area contributed by atoms with E-state index in [2.05, 4.69) is 10.1 Å². The van der Waals surface area contributed by atoms with Gasteiger partial charge in [-0.1, -0.05) is 12.1 Å². The second-order valence-corrected chi connectivity index (χ2v) is 2.87. The molecule has 15 heavy (non-hydrogen) atoms. The number of alkyl halides is 2. The van der Waals surface area contributed by atoms with E-state index in [1.54, 1.807) is 12.1 Å². The fraction of sp³-hybridized carbons (Fsp3) is 0.300. The molecule has 0 aliphatic carbocycles. The van der Waals surface area contributed by atoms with Crippen molar-refractivity contribution in [1.82, 2.24) is 5.32 Å². The molecule has 0 aliphatic heterocycles. The van der Waals surface area contributed by atoms with Crippen molar-refractivity contribution < 1.29 is 18.3 Å². The minimum atomic E-state index is -2.82. The highest BCUT2D eigenvalue weighted by atomic mass is 19.3. The zero-order valence-corrected chi connectivity index (χ0v) is 8.17. The molecule has 1 rings (SSSR count). The Morgan fingerprint density at radius 1 is 1.40 bits per heavy atom. The Labute approximate surface area is 86.0 Å². The number of hydrogen-bond donors (Lipinski definition) is 1. The molecule has 0 spiro atoms. The number of carbonyl (C=O) groups is 1. The van der Waals surface area contributed by atoms with Gasteiger partial charge in [0.15, 0.2) is 0 Å². The van der Waals surface area contributed by atoms with Crippen molar-refractivity contribution in [1.29, 1.82) is 0 Å². The summed E-state index contributed by atoms with van der Waals surface area (Å²) in [5.41, 5.74) is 0.746. The van der Waals surface area contributed by atoms with E-state index in [1.165, 1.54) is 19.2 Å². The molecule has 0 radical (unpaired) electrons. The Balaban J connectivity index is 2.60. The van der Waals surface area contributed by atoms with Crippen LogP contribution in [0.5, 0.6) is 5.75 Å². The van der Waals surface area contributed by atoms with E-state index in [1.807, 2.05) is 0 Å². The Kier molecular flexibility index (Phi) is 4.03. The number of ether oxygens (including phenoxy) is 1.